The number of nitrogens with zero attached hydrogens (tertiary/aromatic N) is 1. The maximum atomic E-state index is 10.0. The van der Waals surface area contributed by atoms with Crippen molar-refractivity contribution in [1.29, 1.82) is 0 Å². The Bertz CT molecular complexity index is 222. The average Bonchev–Trinajstić information content (AvgIpc) is 2.20. The molecule has 0 aromatic carbocycles. The van der Waals surface area contributed by atoms with Gasteiger partial charge in [-0.3, -0.25) is 4.79 Å². The molecule has 0 saturated carbocycles. The molecular weight excluding hydrogens is 210 g/mol. The molecule has 0 N–H and O–H groups in total. The van der Waals surface area contributed by atoms with Gasteiger partial charge in [0.15, 0.2) is 0 Å². The average molecular weight is 231 g/mol. The first-order valence-electron chi connectivity index (χ1n) is 5.60. The fourth-order valence-corrected chi connectivity index (χ4v) is 2.34. The predicted octanol–water partition coefficient (Wildman–Crippen LogP) is 0.835. The first kappa shape index (κ1) is 13.4. The molecule has 1 heterocycles. The van der Waals surface area contributed by atoms with E-state index < -0.39 is 0 Å². The maximum Gasteiger partial charge on any atom is 0.330 e. The molecule has 4 atom stereocenters. The second-order valence-electron chi connectivity index (χ2n) is 4.56. The summed E-state index contributed by atoms with van der Waals surface area (Å²) < 4.78 is 5.76. The van der Waals surface area contributed by atoms with Crippen LogP contribution in [0.25, 0.3) is 0 Å². The lowest BCUT2D eigenvalue weighted by atomic mass is 9.87. The highest BCUT2D eigenvalue weighted by Crippen LogP contribution is 2.28. The third-order valence-electron chi connectivity index (χ3n) is 3.15. The van der Waals surface area contributed by atoms with E-state index in [1.807, 2.05) is 21.0 Å². The second-order valence-corrected chi connectivity index (χ2v) is 4.56. The molecule has 1 fully saturated rings. The van der Waals surface area contributed by atoms with Gasteiger partial charge in [-0.15, -0.1) is 0 Å². The zero-order valence-corrected chi connectivity index (χ0v) is 10.4. The van der Waals surface area contributed by atoms with Crippen molar-refractivity contribution in [1.82, 2.24) is 4.90 Å². The highest BCUT2D eigenvalue weighted by molar-refractivity contribution is 5.35. The van der Waals surface area contributed by atoms with Crippen molar-refractivity contribution >= 4 is 6.47 Å². The molecule has 0 aromatic heterocycles. The van der Waals surface area contributed by atoms with Crippen LogP contribution in [0.2, 0.25) is 0 Å². The Balaban J connectivity index is 2.56. The van der Waals surface area contributed by atoms with Gasteiger partial charge in [0.1, 0.15) is 6.61 Å². The van der Waals surface area contributed by atoms with E-state index in [0.717, 1.165) is 6.42 Å². The van der Waals surface area contributed by atoms with Gasteiger partial charge in [-0.1, -0.05) is 0 Å². The van der Waals surface area contributed by atoms with Crippen molar-refractivity contribution in [2.24, 2.45) is 5.92 Å². The summed E-state index contributed by atoms with van der Waals surface area (Å²) in [5, 5.41) is 0. The van der Waals surface area contributed by atoms with E-state index in [0.29, 0.717) is 19.1 Å². The van der Waals surface area contributed by atoms with Crippen molar-refractivity contribution in [2.75, 3.05) is 20.7 Å². The minimum atomic E-state index is 0.103. The molecular formula is C11H21NO4. The summed E-state index contributed by atoms with van der Waals surface area (Å²) in [5.41, 5.74) is 0. The fraction of sp³-hybridized carbons (Fsp3) is 0.909. The van der Waals surface area contributed by atoms with Gasteiger partial charge in [0.25, 0.3) is 0 Å². The Morgan fingerprint density at radius 1 is 1.44 bits per heavy atom. The minimum absolute atomic E-state index is 0.103. The van der Waals surface area contributed by atoms with Crippen LogP contribution >= 0.6 is 0 Å². The number of carbonyl (C=O) groups excluding carboxylic acids is 1. The van der Waals surface area contributed by atoms with Crippen LogP contribution in [0.3, 0.4) is 0 Å². The van der Waals surface area contributed by atoms with Gasteiger partial charge in [0.2, 0.25) is 0 Å². The quantitative estimate of drug-likeness (QED) is 0.304. The summed E-state index contributed by atoms with van der Waals surface area (Å²) in [6, 6.07) is 0.383. The molecule has 0 radical (unpaired) electrons. The lowest BCUT2D eigenvalue weighted by molar-refractivity contribution is -0.276. The molecule has 5 nitrogen and oxygen atoms in total. The van der Waals surface area contributed by atoms with E-state index in [1.54, 1.807) is 0 Å². The van der Waals surface area contributed by atoms with Gasteiger partial charge in [-0.05, 0) is 34.4 Å². The molecule has 0 amide bonds. The van der Waals surface area contributed by atoms with Crippen LogP contribution in [0.5, 0.6) is 0 Å². The molecule has 0 bridgehead atoms. The lowest BCUT2D eigenvalue weighted by Gasteiger charge is -2.42. The van der Waals surface area contributed by atoms with Crippen LogP contribution in [0.1, 0.15) is 20.3 Å². The van der Waals surface area contributed by atoms with Gasteiger partial charge in [-0.2, -0.15) is 4.89 Å². The zero-order chi connectivity index (χ0) is 12.1. The van der Waals surface area contributed by atoms with E-state index in [-0.39, 0.29) is 18.1 Å². The van der Waals surface area contributed by atoms with Gasteiger partial charge in [0, 0.05) is 12.0 Å². The number of rotatable bonds is 5. The third-order valence-corrected chi connectivity index (χ3v) is 3.15. The standard InChI is InChI=1S/C11H21NO4/c1-8-5-11(12(3)4)10(9(2)16-8)6-14-15-7-13/h7-11H,5-6H2,1-4H3/t8-,9+,10+,11?/m1/s1. The monoisotopic (exact) mass is 231 g/mol. The molecule has 5 heteroatoms. The summed E-state index contributed by atoms with van der Waals surface area (Å²) >= 11 is 0. The smallest absolute Gasteiger partial charge is 0.330 e. The van der Waals surface area contributed by atoms with Crippen LogP contribution in [-0.2, 0) is 19.3 Å². The SMILES string of the molecule is C[C@@H]1CC(N(C)C)[C@@H](COOC=O)[C@H](C)O1. The largest absolute Gasteiger partial charge is 0.375 e. The zero-order valence-electron chi connectivity index (χ0n) is 10.4. The van der Waals surface area contributed by atoms with Crippen LogP contribution < -0.4 is 0 Å². The molecule has 1 rings (SSSR count). The lowest BCUT2D eigenvalue weighted by Crippen LogP contribution is -2.50. The summed E-state index contributed by atoms with van der Waals surface area (Å²) in [6.07, 6.45) is 1.32. The van der Waals surface area contributed by atoms with E-state index >= 15 is 0 Å². The van der Waals surface area contributed by atoms with Crippen molar-refractivity contribution in [3.8, 4) is 0 Å². The van der Waals surface area contributed by atoms with Gasteiger partial charge >= 0.3 is 6.47 Å². The maximum absolute atomic E-state index is 10.0. The van der Waals surface area contributed by atoms with E-state index in [4.69, 9.17) is 9.62 Å². The number of hydrogen-bond acceptors (Lipinski definition) is 5. The molecule has 16 heavy (non-hydrogen) atoms. The van der Waals surface area contributed by atoms with Crippen molar-refractivity contribution in [3.05, 3.63) is 0 Å². The normalized spacial score (nSPS) is 35.1. The molecule has 1 aliphatic rings. The summed E-state index contributed by atoms with van der Waals surface area (Å²) in [4.78, 5) is 21.3. The van der Waals surface area contributed by atoms with Crippen LogP contribution in [-0.4, -0.2) is 50.3 Å². The van der Waals surface area contributed by atoms with Gasteiger partial charge < -0.3 is 14.5 Å². The molecule has 94 valence electrons. The van der Waals surface area contributed by atoms with Gasteiger partial charge in [-0.25, -0.2) is 0 Å². The Morgan fingerprint density at radius 2 is 2.12 bits per heavy atom. The molecule has 1 unspecified atom stereocenters. The number of ether oxygens (including phenoxy) is 1. The highest BCUT2D eigenvalue weighted by atomic mass is 17.2. The van der Waals surface area contributed by atoms with Crippen LogP contribution in [0.15, 0.2) is 0 Å². The Hall–Kier alpha value is -0.650. The summed E-state index contributed by atoms with van der Waals surface area (Å²) in [6.45, 7) is 4.77. The van der Waals surface area contributed by atoms with Crippen molar-refractivity contribution in [3.63, 3.8) is 0 Å². The molecule has 0 aromatic rings. The second kappa shape index (κ2) is 6.18. The fourth-order valence-electron chi connectivity index (χ4n) is 2.34. The Morgan fingerprint density at radius 3 is 2.69 bits per heavy atom. The molecule has 0 spiro atoms. The van der Waals surface area contributed by atoms with Gasteiger partial charge in [0.05, 0.1) is 12.2 Å². The van der Waals surface area contributed by atoms with Crippen molar-refractivity contribution < 1.29 is 19.3 Å². The molecule has 0 aliphatic carbocycles. The minimum Gasteiger partial charge on any atom is -0.375 e. The number of hydrogen-bond donors (Lipinski definition) is 0. The van der Waals surface area contributed by atoms with Crippen molar-refractivity contribution in [2.45, 2.75) is 38.5 Å². The Kier molecular flexibility index (Phi) is 5.18. The highest BCUT2D eigenvalue weighted by Gasteiger charge is 2.36. The summed E-state index contributed by atoms with van der Waals surface area (Å²) in [5.74, 6) is 0.214. The number of carbonyl (C=O) groups is 1. The summed E-state index contributed by atoms with van der Waals surface area (Å²) in [7, 11) is 4.09. The van der Waals surface area contributed by atoms with Crippen LogP contribution in [0, 0.1) is 5.92 Å². The van der Waals surface area contributed by atoms with E-state index in [9.17, 15) is 4.79 Å². The topological polar surface area (TPSA) is 48.0 Å². The Labute approximate surface area is 96.6 Å². The molecule has 1 aliphatic heterocycles. The first-order valence-corrected chi connectivity index (χ1v) is 5.60. The first-order chi connectivity index (χ1) is 7.56. The van der Waals surface area contributed by atoms with Crippen LogP contribution in [0.4, 0.5) is 0 Å². The van der Waals surface area contributed by atoms with E-state index in [2.05, 4.69) is 16.7 Å². The predicted molar refractivity (Wildman–Crippen MR) is 58.7 cm³/mol. The molecule has 1 saturated heterocycles. The van der Waals surface area contributed by atoms with E-state index in [1.165, 1.54) is 0 Å². The third kappa shape index (κ3) is 3.43.